The lowest BCUT2D eigenvalue weighted by molar-refractivity contribution is 0.528. The maximum atomic E-state index is 5.86. The zero-order valence-corrected chi connectivity index (χ0v) is 18.6. The molecule has 0 saturated heterocycles. The minimum Gasteiger partial charge on any atom is -0.461 e. The van der Waals surface area contributed by atoms with Crippen LogP contribution in [0.15, 0.2) is 91.5 Å². The summed E-state index contributed by atoms with van der Waals surface area (Å²) >= 11 is 5.01. The van der Waals surface area contributed by atoms with Crippen molar-refractivity contribution in [3.05, 3.63) is 88.9 Å². The molecule has 0 unspecified atom stereocenters. The van der Waals surface area contributed by atoms with E-state index in [0.717, 1.165) is 20.8 Å². The Morgan fingerprint density at radius 2 is 1.71 bits per heavy atom. The molecule has 0 fully saturated rings. The van der Waals surface area contributed by atoms with E-state index >= 15 is 0 Å². The van der Waals surface area contributed by atoms with Gasteiger partial charge in [0.1, 0.15) is 0 Å². The molecule has 9 heteroatoms. The summed E-state index contributed by atoms with van der Waals surface area (Å²) in [7, 11) is 0. The van der Waals surface area contributed by atoms with Gasteiger partial charge in [0.15, 0.2) is 10.9 Å². The predicted octanol–water partition coefficient (Wildman–Crippen LogP) is 5.69. The fraction of sp³-hybridized carbons (Fsp3) is 0.0909. The molecule has 0 atom stereocenters. The van der Waals surface area contributed by atoms with Crippen LogP contribution in [-0.4, -0.2) is 25.0 Å². The number of benzene rings is 2. The van der Waals surface area contributed by atoms with Crippen LogP contribution in [0.2, 0.25) is 0 Å². The van der Waals surface area contributed by atoms with Gasteiger partial charge in [-0.3, -0.25) is 4.57 Å². The maximum Gasteiger partial charge on any atom is 0.248 e. The Hall–Kier alpha value is -3.17. The van der Waals surface area contributed by atoms with E-state index in [1.807, 2.05) is 59.2 Å². The van der Waals surface area contributed by atoms with Crippen LogP contribution in [0, 0.1) is 0 Å². The summed E-state index contributed by atoms with van der Waals surface area (Å²) in [6, 6.07) is 21.6. The van der Waals surface area contributed by atoms with Crippen molar-refractivity contribution < 1.29 is 8.83 Å². The van der Waals surface area contributed by atoms with Gasteiger partial charge < -0.3 is 8.83 Å². The highest BCUT2D eigenvalue weighted by atomic mass is 79.9. The molecule has 0 spiro atoms. The number of nitrogens with zero attached hydrogens (tertiary/aromatic N) is 5. The Morgan fingerprint density at radius 1 is 0.871 bits per heavy atom. The highest BCUT2D eigenvalue weighted by molar-refractivity contribution is 9.10. The summed E-state index contributed by atoms with van der Waals surface area (Å²) < 4.78 is 14.4. The van der Waals surface area contributed by atoms with Crippen molar-refractivity contribution in [2.24, 2.45) is 0 Å². The third kappa shape index (κ3) is 4.33. The quantitative estimate of drug-likeness (QED) is 0.269. The Labute approximate surface area is 190 Å². The fourth-order valence-electron chi connectivity index (χ4n) is 3.07. The van der Waals surface area contributed by atoms with Gasteiger partial charge in [0.05, 0.1) is 24.1 Å². The first-order valence-electron chi connectivity index (χ1n) is 9.49. The second-order valence-electron chi connectivity index (χ2n) is 6.62. The normalized spacial score (nSPS) is 11.1. The van der Waals surface area contributed by atoms with Crippen molar-refractivity contribution in [2.75, 3.05) is 0 Å². The molecule has 0 saturated carbocycles. The summed E-state index contributed by atoms with van der Waals surface area (Å²) in [5.74, 6) is 2.82. The lowest BCUT2D eigenvalue weighted by atomic mass is 10.2. The predicted molar refractivity (Wildman–Crippen MR) is 120 cm³/mol. The lowest BCUT2D eigenvalue weighted by Gasteiger charge is -2.08. The first-order valence-corrected chi connectivity index (χ1v) is 11.3. The van der Waals surface area contributed by atoms with Crippen molar-refractivity contribution in [1.29, 1.82) is 0 Å². The van der Waals surface area contributed by atoms with Crippen molar-refractivity contribution in [3.8, 4) is 23.0 Å². The van der Waals surface area contributed by atoms with Crippen molar-refractivity contribution in [3.63, 3.8) is 0 Å². The van der Waals surface area contributed by atoms with Crippen LogP contribution in [-0.2, 0) is 12.3 Å². The molecule has 5 aromatic rings. The van der Waals surface area contributed by atoms with E-state index in [9.17, 15) is 0 Å². The number of halogens is 1. The van der Waals surface area contributed by atoms with Crippen LogP contribution in [0.5, 0.6) is 0 Å². The number of thioether (sulfide) groups is 1. The molecule has 0 bridgehead atoms. The van der Waals surface area contributed by atoms with Gasteiger partial charge in [0.2, 0.25) is 17.6 Å². The smallest absolute Gasteiger partial charge is 0.248 e. The molecule has 2 aromatic carbocycles. The summed E-state index contributed by atoms with van der Waals surface area (Å²) in [6.07, 6.45) is 1.63. The first kappa shape index (κ1) is 19.8. The van der Waals surface area contributed by atoms with Crippen molar-refractivity contribution in [2.45, 2.75) is 17.5 Å². The van der Waals surface area contributed by atoms with Crippen LogP contribution in [0.1, 0.15) is 11.5 Å². The molecule has 0 N–H and O–H groups in total. The molecule has 0 aliphatic rings. The molecular formula is C22H16BrN5O2S. The van der Waals surface area contributed by atoms with Crippen LogP contribution >= 0.6 is 27.7 Å². The van der Waals surface area contributed by atoms with Crippen molar-refractivity contribution in [1.82, 2.24) is 25.0 Å². The highest BCUT2D eigenvalue weighted by Gasteiger charge is 2.18. The fourth-order valence-corrected chi connectivity index (χ4v) is 4.30. The van der Waals surface area contributed by atoms with E-state index in [0.29, 0.717) is 35.7 Å². The van der Waals surface area contributed by atoms with Crippen LogP contribution in [0.4, 0.5) is 0 Å². The van der Waals surface area contributed by atoms with E-state index in [-0.39, 0.29) is 0 Å². The highest BCUT2D eigenvalue weighted by Crippen LogP contribution is 2.30. The topological polar surface area (TPSA) is 82.8 Å². The third-order valence-corrected chi connectivity index (χ3v) is 6.18. The van der Waals surface area contributed by atoms with Gasteiger partial charge in [-0.05, 0) is 45.8 Å². The summed E-state index contributed by atoms with van der Waals surface area (Å²) in [5.41, 5.74) is 2.00. The van der Waals surface area contributed by atoms with E-state index in [1.165, 1.54) is 11.8 Å². The molecule has 3 heterocycles. The molecule has 31 heavy (non-hydrogen) atoms. The minimum atomic E-state index is 0.475. The average molecular weight is 494 g/mol. The molecule has 3 aromatic heterocycles. The summed E-state index contributed by atoms with van der Waals surface area (Å²) in [5, 5.41) is 17.8. The monoisotopic (exact) mass is 493 g/mol. The molecule has 0 aliphatic heterocycles. The zero-order valence-electron chi connectivity index (χ0n) is 16.2. The van der Waals surface area contributed by atoms with Crippen molar-refractivity contribution >= 4 is 27.7 Å². The molecule has 0 amide bonds. The number of furan rings is 1. The van der Waals surface area contributed by atoms with E-state index in [4.69, 9.17) is 8.83 Å². The second-order valence-corrected chi connectivity index (χ2v) is 8.42. The Kier molecular flexibility index (Phi) is 5.68. The SMILES string of the molecule is Brc1ccccc1-c1nnc(CSc2nnc(-c3ccco3)n2Cc2ccccc2)o1. The van der Waals surface area contributed by atoms with Gasteiger partial charge in [0, 0.05) is 4.47 Å². The Bertz CT molecular complexity index is 1280. The molecule has 0 radical (unpaired) electrons. The van der Waals surface area contributed by atoms with Gasteiger partial charge >= 0.3 is 0 Å². The van der Waals surface area contributed by atoms with Gasteiger partial charge in [-0.15, -0.1) is 20.4 Å². The number of rotatable bonds is 7. The maximum absolute atomic E-state index is 5.86. The molecule has 7 nitrogen and oxygen atoms in total. The second kappa shape index (κ2) is 8.91. The third-order valence-electron chi connectivity index (χ3n) is 4.54. The van der Waals surface area contributed by atoms with Crippen LogP contribution in [0.3, 0.4) is 0 Å². The number of hydrogen-bond acceptors (Lipinski definition) is 7. The Balaban J connectivity index is 1.39. The van der Waals surface area contributed by atoms with Crippen LogP contribution < -0.4 is 0 Å². The zero-order chi connectivity index (χ0) is 21.0. The minimum absolute atomic E-state index is 0.475. The Morgan fingerprint density at radius 3 is 2.52 bits per heavy atom. The summed E-state index contributed by atoms with van der Waals surface area (Å²) in [6.45, 7) is 0.623. The van der Waals surface area contributed by atoms with E-state index < -0.39 is 0 Å². The van der Waals surface area contributed by atoms with Gasteiger partial charge in [-0.1, -0.05) is 54.2 Å². The van der Waals surface area contributed by atoms with Crippen LogP contribution in [0.25, 0.3) is 23.0 Å². The average Bonchev–Trinajstić information content (AvgIpc) is 3.55. The van der Waals surface area contributed by atoms with Gasteiger partial charge in [-0.25, -0.2) is 0 Å². The van der Waals surface area contributed by atoms with E-state index in [2.05, 4.69) is 48.5 Å². The molecule has 0 aliphatic carbocycles. The van der Waals surface area contributed by atoms with E-state index in [1.54, 1.807) is 6.26 Å². The number of hydrogen-bond donors (Lipinski definition) is 0. The lowest BCUT2D eigenvalue weighted by Crippen LogP contribution is -2.04. The van der Waals surface area contributed by atoms with Gasteiger partial charge in [0.25, 0.3) is 0 Å². The standard InChI is InChI=1S/C22H16BrN5O2S/c23-17-10-5-4-9-16(17)21-26-24-19(30-21)14-31-22-27-25-20(18-11-6-12-29-18)28(22)13-15-7-2-1-3-8-15/h1-12H,13-14H2. The largest absolute Gasteiger partial charge is 0.461 e. The first-order chi connectivity index (χ1) is 15.3. The van der Waals surface area contributed by atoms with Gasteiger partial charge in [-0.2, -0.15) is 0 Å². The summed E-state index contributed by atoms with van der Waals surface area (Å²) in [4.78, 5) is 0. The molecular weight excluding hydrogens is 478 g/mol. The molecule has 154 valence electrons. The number of aromatic nitrogens is 5. The molecule has 5 rings (SSSR count).